The third-order valence-electron chi connectivity index (χ3n) is 5.05. The van der Waals surface area contributed by atoms with Crippen molar-refractivity contribution in [1.82, 2.24) is 9.99 Å². The number of nitrogens with zero attached hydrogens (tertiary/aromatic N) is 2. The van der Waals surface area contributed by atoms with Crippen molar-refractivity contribution < 1.29 is 0 Å². The lowest BCUT2D eigenvalue weighted by Crippen LogP contribution is -2.06. The molecular formula is C24H21BrClN3. The summed E-state index contributed by atoms with van der Waals surface area (Å²) in [6, 6.07) is 24.7. The summed E-state index contributed by atoms with van der Waals surface area (Å²) in [5, 5.41) is 6.41. The van der Waals surface area contributed by atoms with Gasteiger partial charge in [-0.25, -0.2) is 0 Å². The Balaban J connectivity index is 1.60. The number of para-hydroxylation sites is 1. The lowest BCUT2D eigenvalue weighted by Gasteiger charge is -2.09. The van der Waals surface area contributed by atoms with Gasteiger partial charge in [0.2, 0.25) is 0 Å². The van der Waals surface area contributed by atoms with Gasteiger partial charge in [0.15, 0.2) is 0 Å². The highest BCUT2D eigenvalue weighted by atomic mass is 79.9. The highest BCUT2D eigenvalue weighted by molar-refractivity contribution is 9.10. The molecule has 1 aromatic heterocycles. The van der Waals surface area contributed by atoms with E-state index in [4.69, 9.17) is 11.6 Å². The van der Waals surface area contributed by atoms with Crippen molar-refractivity contribution in [3.63, 3.8) is 0 Å². The molecule has 0 aliphatic heterocycles. The van der Waals surface area contributed by atoms with Crippen LogP contribution in [0.5, 0.6) is 0 Å². The van der Waals surface area contributed by atoms with Crippen LogP contribution in [0.25, 0.3) is 10.9 Å². The predicted molar refractivity (Wildman–Crippen MR) is 126 cm³/mol. The van der Waals surface area contributed by atoms with Crippen molar-refractivity contribution in [2.24, 2.45) is 5.10 Å². The molecule has 0 bridgehead atoms. The first kappa shape index (κ1) is 19.7. The van der Waals surface area contributed by atoms with Crippen molar-refractivity contribution in [2.75, 3.05) is 0 Å². The van der Waals surface area contributed by atoms with E-state index in [1.807, 2.05) is 30.5 Å². The average molecular weight is 467 g/mol. The standard InChI is InChI=1S/C24H21BrClN3/c1-17-22(15-28-27-14-19-6-2-4-8-23(19)26)21-7-3-5-9-24(21)29(17)16-18-10-12-20(25)13-11-18/h2-13,15,27H,14,16H2,1H3/b28-15-. The van der Waals surface area contributed by atoms with Crippen LogP contribution < -0.4 is 5.43 Å². The van der Waals surface area contributed by atoms with E-state index in [0.29, 0.717) is 6.54 Å². The van der Waals surface area contributed by atoms with Crippen molar-refractivity contribution in [1.29, 1.82) is 0 Å². The van der Waals surface area contributed by atoms with E-state index < -0.39 is 0 Å². The van der Waals surface area contributed by atoms with E-state index in [2.05, 4.69) is 86.5 Å². The molecule has 4 aromatic rings. The van der Waals surface area contributed by atoms with Gasteiger partial charge in [0, 0.05) is 38.2 Å². The quantitative estimate of drug-likeness (QED) is 0.254. The first-order valence-corrected chi connectivity index (χ1v) is 10.6. The minimum absolute atomic E-state index is 0.590. The van der Waals surface area contributed by atoms with Crippen LogP contribution in [0.4, 0.5) is 0 Å². The van der Waals surface area contributed by atoms with Gasteiger partial charge in [-0.05, 0) is 42.3 Å². The number of hydrazone groups is 1. The monoisotopic (exact) mass is 465 g/mol. The van der Waals surface area contributed by atoms with Gasteiger partial charge in [-0.1, -0.05) is 76.1 Å². The summed E-state index contributed by atoms with van der Waals surface area (Å²) in [4.78, 5) is 0. The molecule has 29 heavy (non-hydrogen) atoms. The molecule has 0 saturated carbocycles. The molecule has 146 valence electrons. The molecule has 3 aromatic carbocycles. The Labute approximate surface area is 184 Å². The van der Waals surface area contributed by atoms with E-state index in [0.717, 1.165) is 27.2 Å². The van der Waals surface area contributed by atoms with Crippen molar-refractivity contribution >= 4 is 44.6 Å². The molecular weight excluding hydrogens is 446 g/mol. The summed E-state index contributed by atoms with van der Waals surface area (Å²) in [5.74, 6) is 0. The Morgan fingerprint density at radius 2 is 1.72 bits per heavy atom. The number of halogens is 2. The Morgan fingerprint density at radius 1 is 1.00 bits per heavy atom. The number of fused-ring (bicyclic) bond motifs is 1. The zero-order chi connectivity index (χ0) is 20.2. The minimum atomic E-state index is 0.590. The number of hydrogen-bond acceptors (Lipinski definition) is 2. The number of aromatic nitrogens is 1. The van der Waals surface area contributed by atoms with Gasteiger partial charge < -0.3 is 9.99 Å². The highest BCUT2D eigenvalue weighted by Crippen LogP contribution is 2.26. The van der Waals surface area contributed by atoms with Gasteiger partial charge >= 0.3 is 0 Å². The van der Waals surface area contributed by atoms with E-state index in [9.17, 15) is 0 Å². The fourth-order valence-electron chi connectivity index (χ4n) is 3.48. The molecule has 0 radical (unpaired) electrons. The Morgan fingerprint density at radius 3 is 2.52 bits per heavy atom. The second-order valence-corrected chi connectivity index (χ2v) is 8.24. The zero-order valence-corrected chi connectivity index (χ0v) is 18.4. The van der Waals surface area contributed by atoms with Crippen molar-refractivity contribution in [3.05, 3.63) is 105 Å². The van der Waals surface area contributed by atoms with E-state index in [-0.39, 0.29) is 0 Å². The molecule has 0 atom stereocenters. The fraction of sp³-hybridized carbons (Fsp3) is 0.125. The summed E-state index contributed by atoms with van der Waals surface area (Å²) in [6.07, 6.45) is 1.91. The molecule has 0 saturated heterocycles. The van der Waals surface area contributed by atoms with Crippen LogP contribution in [0, 0.1) is 6.92 Å². The topological polar surface area (TPSA) is 29.3 Å². The van der Waals surface area contributed by atoms with Crippen LogP contribution in [0.3, 0.4) is 0 Å². The van der Waals surface area contributed by atoms with Crippen LogP contribution in [-0.4, -0.2) is 10.8 Å². The molecule has 1 N–H and O–H groups in total. The minimum Gasteiger partial charge on any atom is -0.340 e. The van der Waals surface area contributed by atoms with Crippen LogP contribution in [0.2, 0.25) is 5.02 Å². The second kappa shape index (κ2) is 8.85. The van der Waals surface area contributed by atoms with Crippen LogP contribution >= 0.6 is 27.5 Å². The molecule has 3 nitrogen and oxygen atoms in total. The Hall–Kier alpha value is -2.56. The van der Waals surface area contributed by atoms with E-state index in [1.54, 1.807) is 0 Å². The third kappa shape index (κ3) is 4.39. The molecule has 4 rings (SSSR count). The number of nitrogens with one attached hydrogen (secondary N) is 1. The number of rotatable bonds is 6. The van der Waals surface area contributed by atoms with Gasteiger partial charge in [0.05, 0.1) is 12.8 Å². The Kier molecular flexibility index (Phi) is 6.02. The van der Waals surface area contributed by atoms with Crippen LogP contribution in [0.15, 0.2) is 82.4 Å². The molecule has 0 unspecified atom stereocenters. The molecule has 0 aliphatic rings. The number of benzene rings is 3. The summed E-state index contributed by atoms with van der Waals surface area (Å²) in [7, 11) is 0. The van der Waals surface area contributed by atoms with Crippen LogP contribution in [-0.2, 0) is 13.1 Å². The van der Waals surface area contributed by atoms with Gasteiger partial charge in [-0.15, -0.1) is 0 Å². The largest absolute Gasteiger partial charge is 0.340 e. The SMILES string of the molecule is Cc1c(/C=N\NCc2ccccc2Cl)c2ccccc2n1Cc1ccc(Br)cc1. The lowest BCUT2D eigenvalue weighted by atomic mass is 10.1. The van der Waals surface area contributed by atoms with E-state index >= 15 is 0 Å². The summed E-state index contributed by atoms with van der Waals surface area (Å²) >= 11 is 9.72. The van der Waals surface area contributed by atoms with Gasteiger partial charge in [-0.2, -0.15) is 5.10 Å². The molecule has 0 aliphatic carbocycles. The first-order chi connectivity index (χ1) is 14.1. The third-order valence-corrected chi connectivity index (χ3v) is 5.94. The lowest BCUT2D eigenvalue weighted by molar-refractivity contribution is 0.748. The Bertz CT molecular complexity index is 1160. The average Bonchev–Trinajstić information content (AvgIpc) is 3.00. The maximum atomic E-state index is 6.22. The zero-order valence-electron chi connectivity index (χ0n) is 16.1. The smallest absolute Gasteiger partial charge is 0.0594 e. The molecule has 5 heteroatoms. The molecule has 0 amide bonds. The van der Waals surface area contributed by atoms with Crippen LogP contribution in [0.1, 0.15) is 22.4 Å². The number of hydrogen-bond donors (Lipinski definition) is 1. The van der Waals surface area contributed by atoms with Crippen molar-refractivity contribution in [3.8, 4) is 0 Å². The summed E-state index contributed by atoms with van der Waals surface area (Å²) in [5.41, 5.74) is 8.94. The summed E-state index contributed by atoms with van der Waals surface area (Å²) < 4.78 is 3.43. The first-order valence-electron chi connectivity index (χ1n) is 9.45. The fourth-order valence-corrected chi connectivity index (χ4v) is 3.95. The van der Waals surface area contributed by atoms with Gasteiger partial charge in [0.1, 0.15) is 0 Å². The van der Waals surface area contributed by atoms with Gasteiger partial charge in [-0.3, -0.25) is 0 Å². The molecule has 1 heterocycles. The van der Waals surface area contributed by atoms with Crippen molar-refractivity contribution in [2.45, 2.75) is 20.0 Å². The molecule has 0 fully saturated rings. The maximum Gasteiger partial charge on any atom is 0.0594 e. The summed E-state index contributed by atoms with van der Waals surface area (Å²) in [6.45, 7) is 3.56. The van der Waals surface area contributed by atoms with E-state index in [1.165, 1.54) is 22.2 Å². The second-order valence-electron chi connectivity index (χ2n) is 6.91. The normalized spacial score (nSPS) is 11.4. The predicted octanol–water partition coefficient (Wildman–Crippen LogP) is 6.54. The maximum absolute atomic E-state index is 6.22. The molecule has 0 spiro atoms. The van der Waals surface area contributed by atoms with Gasteiger partial charge in [0.25, 0.3) is 0 Å². The highest BCUT2D eigenvalue weighted by Gasteiger charge is 2.12.